The average molecular weight is 1010 g/mol. The highest BCUT2D eigenvalue weighted by Crippen LogP contribution is 2.67. The van der Waals surface area contributed by atoms with Gasteiger partial charge >= 0.3 is 13.6 Å². The van der Waals surface area contributed by atoms with E-state index in [9.17, 15) is 20.2 Å². The SMILES string of the molecule is O=[N+]([O-])c1ccccc1CS[P@]1(=O)OC[C@H]2O[C@@H]3[C@H](F)[C@@H]2O[P@](=O)(SCc2ccccc2[N+](=O)[O-])OC[C@H]2O[C@H]([C@H](F)[C@@H]2O1)n1cnc2c(ncnc21)CC/C=C/CCc1ncnc2c1ncn23. The van der Waals surface area contributed by atoms with Crippen LogP contribution < -0.4 is 0 Å². The second kappa shape index (κ2) is 19.3. The number of alkyl halides is 2. The van der Waals surface area contributed by atoms with Gasteiger partial charge in [0.25, 0.3) is 11.4 Å². The van der Waals surface area contributed by atoms with Crippen LogP contribution in [0, 0.1) is 20.2 Å². The highest BCUT2D eigenvalue weighted by atomic mass is 32.7. The Morgan fingerprint density at radius 3 is 1.50 bits per heavy atom. The van der Waals surface area contributed by atoms with Gasteiger partial charge in [0.1, 0.15) is 48.1 Å². The molecule has 356 valence electrons. The molecule has 3 fully saturated rings. The Morgan fingerprint density at radius 2 is 1.07 bits per heavy atom. The minimum Gasteiger partial charge on any atom is -0.346 e. The van der Waals surface area contributed by atoms with E-state index in [4.69, 9.17) is 27.6 Å². The number of halogens is 2. The molecule has 22 nitrogen and oxygen atoms in total. The maximum Gasteiger partial charge on any atom is 0.390 e. The molecule has 0 aliphatic carbocycles. The summed E-state index contributed by atoms with van der Waals surface area (Å²) in [4.78, 5) is 49.4. The summed E-state index contributed by atoms with van der Waals surface area (Å²) < 4.78 is 105. The molecule has 28 heteroatoms. The third-order valence-electron chi connectivity index (χ3n) is 11.6. The first-order valence-corrected chi connectivity index (χ1v) is 27.3. The van der Waals surface area contributed by atoms with Gasteiger partial charge in [-0.15, -0.1) is 0 Å². The number of benzene rings is 2. The highest BCUT2D eigenvalue weighted by molar-refractivity contribution is 8.55. The number of nitro groups is 2. The van der Waals surface area contributed by atoms with Crippen LogP contribution in [0.1, 0.15) is 47.8 Å². The molecule has 0 radical (unpaired) electrons. The Balaban J connectivity index is 1.09. The summed E-state index contributed by atoms with van der Waals surface area (Å²) in [5, 5.41) is 24.0. The van der Waals surface area contributed by atoms with Gasteiger partial charge in [0.15, 0.2) is 36.1 Å². The molecule has 0 amide bonds. The van der Waals surface area contributed by atoms with E-state index < -0.39 is 85.9 Å². The summed E-state index contributed by atoms with van der Waals surface area (Å²) in [6, 6.07) is 11.4. The van der Waals surface area contributed by atoms with Gasteiger partial charge in [-0.2, -0.15) is 0 Å². The van der Waals surface area contributed by atoms with E-state index in [1.807, 2.05) is 12.2 Å². The van der Waals surface area contributed by atoms with E-state index in [2.05, 4.69) is 29.9 Å². The number of nitro benzene ring substituents is 2. The molecule has 4 aromatic heterocycles. The number of fused-ring (bicyclic) bond motifs is 10. The lowest BCUT2D eigenvalue weighted by Gasteiger charge is -2.30. The molecule has 0 spiro atoms. The van der Waals surface area contributed by atoms with Gasteiger partial charge in [0.05, 0.1) is 47.1 Å². The van der Waals surface area contributed by atoms with E-state index in [1.165, 1.54) is 70.8 Å². The Labute approximate surface area is 391 Å². The third kappa shape index (κ3) is 9.21. The Hall–Kier alpha value is -5.14. The molecule has 9 heterocycles. The molecule has 68 heavy (non-hydrogen) atoms. The first kappa shape index (κ1) is 46.6. The lowest BCUT2D eigenvalue weighted by molar-refractivity contribution is -0.385. The van der Waals surface area contributed by atoms with Crippen LogP contribution in [0.4, 0.5) is 20.2 Å². The predicted octanol–water partition coefficient (Wildman–Crippen LogP) is 8.29. The van der Waals surface area contributed by atoms with Crippen LogP contribution in [0.3, 0.4) is 0 Å². The van der Waals surface area contributed by atoms with E-state index in [0.29, 0.717) is 70.9 Å². The van der Waals surface area contributed by atoms with Crippen molar-refractivity contribution in [2.45, 2.75) is 86.4 Å². The van der Waals surface area contributed by atoms with Crippen molar-refractivity contribution in [3.05, 3.63) is 129 Å². The third-order valence-corrected chi connectivity index (χ3v) is 18.9. The fraction of sp³-hybridized carbons (Fsp3) is 0.400. The van der Waals surface area contributed by atoms with E-state index in [0.717, 1.165) is 0 Å². The zero-order valence-corrected chi connectivity index (χ0v) is 38.6. The summed E-state index contributed by atoms with van der Waals surface area (Å²) in [6.45, 7) is -11.0. The van der Waals surface area contributed by atoms with Crippen molar-refractivity contribution in [2.75, 3.05) is 13.2 Å². The Kier molecular flexibility index (Phi) is 13.2. The number of ether oxygens (including phenoxy) is 2. The minimum atomic E-state index is -4.73. The fourth-order valence-corrected chi connectivity index (χ4v) is 15.1. The summed E-state index contributed by atoms with van der Waals surface area (Å²) in [6.07, 6.45) is -3.07. The normalized spacial score (nSPS) is 30.3. The van der Waals surface area contributed by atoms with Crippen molar-refractivity contribution in [3.8, 4) is 0 Å². The van der Waals surface area contributed by atoms with E-state index in [1.54, 1.807) is 12.1 Å². The number of aromatic nitrogens is 8. The van der Waals surface area contributed by atoms with Crippen molar-refractivity contribution < 1.29 is 55.3 Å². The molecule has 0 saturated carbocycles. The van der Waals surface area contributed by atoms with Crippen molar-refractivity contribution in [1.82, 2.24) is 39.0 Å². The van der Waals surface area contributed by atoms with Crippen LogP contribution >= 0.6 is 36.4 Å². The quantitative estimate of drug-likeness (QED) is 0.0600. The number of allylic oxidation sites excluding steroid dienone is 2. The lowest BCUT2D eigenvalue weighted by Crippen LogP contribution is -2.37. The van der Waals surface area contributed by atoms with Crippen molar-refractivity contribution in [1.29, 1.82) is 0 Å². The van der Waals surface area contributed by atoms with Crippen LogP contribution in [0.5, 0.6) is 0 Å². The van der Waals surface area contributed by atoms with Crippen LogP contribution in [0.25, 0.3) is 22.3 Å². The molecule has 10 atom stereocenters. The average Bonchev–Trinajstić information content (AvgIpc) is 4.11. The molecule has 6 aromatic rings. The van der Waals surface area contributed by atoms with Crippen LogP contribution in [0.2, 0.25) is 0 Å². The molecule has 11 rings (SSSR count). The molecule has 3 saturated heterocycles. The first-order valence-electron chi connectivity index (χ1n) is 21.0. The van der Waals surface area contributed by atoms with Gasteiger partial charge < -0.3 is 9.47 Å². The maximum absolute atomic E-state index is 17.4. The smallest absolute Gasteiger partial charge is 0.346 e. The molecular weight excluding hydrogens is 977 g/mol. The number of nitrogens with zero attached hydrogens (tertiary/aromatic N) is 10. The largest absolute Gasteiger partial charge is 0.390 e. The second-order valence-corrected chi connectivity index (χ2v) is 23.9. The summed E-state index contributed by atoms with van der Waals surface area (Å²) in [5.74, 6) is -0.657. The molecule has 14 bridgehead atoms. The number of aryl methyl sites for hydroxylation is 2. The van der Waals surface area contributed by atoms with Gasteiger partial charge in [0, 0.05) is 34.8 Å². The van der Waals surface area contributed by atoms with Gasteiger partial charge in [-0.1, -0.05) is 48.6 Å². The Morgan fingerprint density at radius 1 is 0.647 bits per heavy atom. The monoisotopic (exact) mass is 1010 g/mol. The van der Waals surface area contributed by atoms with Gasteiger partial charge in [-0.05, 0) is 48.4 Å². The van der Waals surface area contributed by atoms with E-state index in [-0.39, 0.29) is 45.3 Å². The number of hydrogen-bond donors (Lipinski definition) is 0. The number of hydrogen-bond acceptors (Lipinski definition) is 20. The highest BCUT2D eigenvalue weighted by Gasteiger charge is 2.55. The van der Waals surface area contributed by atoms with Crippen LogP contribution in [-0.2, 0) is 61.0 Å². The lowest BCUT2D eigenvalue weighted by atomic mass is 10.1. The standard InChI is InChI=1S/C40H38F2N10O12P2S2/c41-31-35-29-15-59-66(58,68-18-24-10-6-8-14-28(24)52(55)56)64-36-30(16-60-65(57,63-35)67-17-23-9-5-7-13-27(23)51(53)54)62-40(32(36)42)50-22-48-34-26(44-20-46-38(34)50)12-4-2-1-3-11-25-33-37(45-19-43-25)49(21-47-33)39(31)61-29/h1-2,5-10,13-14,19-22,29-32,35-36,39-40H,3-4,11-12,15-18H2/b2-1+/t29-,30-,31-,32-,35-,36-,39-,40-,65-,66-/m1/s1. The number of rotatable bonds is 8. The van der Waals surface area contributed by atoms with Crippen molar-refractivity contribution >= 4 is 70.1 Å². The molecule has 5 aliphatic heterocycles. The summed E-state index contributed by atoms with van der Waals surface area (Å²) in [7, 11) is 0. The number of imidazole rings is 2. The minimum absolute atomic E-state index is 0.135. The topological polar surface area (TPSA) is 263 Å². The fourth-order valence-electron chi connectivity index (χ4n) is 8.31. The molecule has 5 aliphatic rings. The number of para-hydroxylation sites is 2. The maximum atomic E-state index is 17.4. The predicted molar refractivity (Wildman–Crippen MR) is 240 cm³/mol. The first-order chi connectivity index (χ1) is 32.9. The van der Waals surface area contributed by atoms with E-state index >= 15 is 17.9 Å². The summed E-state index contributed by atoms with van der Waals surface area (Å²) >= 11 is 1.03. The molecular formula is C40H38F2N10O12P2S2. The van der Waals surface area contributed by atoms with Gasteiger partial charge in [-0.3, -0.25) is 47.5 Å². The zero-order chi connectivity index (χ0) is 47.2. The zero-order valence-electron chi connectivity index (χ0n) is 35.2. The molecule has 2 aromatic carbocycles. The summed E-state index contributed by atoms with van der Waals surface area (Å²) in [5.41, 5.74) is 1.92. The van der Waals surface area contributed by atoms with Crippen molar-refractivity contribution in [3.63, 3.8) is 0 Å². The Bertz CT molecular complexity index is 2830. The van der Waals surface area contributed by atoms with Gasteiger partial charge in [0.2, 0.25) is 0 Å². The van der Waals surface area contributed by atoms with Crippen LogP contribution in [0.15, 0.2) is 86.0 Å². The van der Waals surface area contributed by atoms with Gasteiger partial charge in [-0.25, -0.2) is 47.8 Å². The molecule has 0 N–H and O–H groups in total. The van der Waals surface area contributed by atoms with Crippen LogP contribution in [-0.4, -0.2) is 98.9 Å². The second-order valence-electron chi connectivity index (χ2n) is 15.8. The van der Waals surface area contributed by atoms with Crippen molar-refractivity contribution in [2.24, 2.45) is 0 Å². The molecule has 0 unspecified atom stereocenters.